The molecule has 1 saturated heterocycles. The molecule has 7 heteroatoms. The number of pyridine rings is 1. The number of carbonyl (C=O) groups is 2. The second-order valence-electron chi connectivity index (χ2n) is 5.91. The highest BCUT2D eigenvalue weighted by molar-refractivity contribution is 5.88. The lowest BCUT2D eigenvalue weighted by molar-refractivity contribution is -0.139. The molecule has 1 aromatic heterocycles. The first-order chi connectivity index (χ1) is 11.7. The Morgan fingerprint density at radius 3 is 2.96 bits per heavy atom. The van der Waals surface area contributed by atoms with Crippen molar-refractivity contribution < 1.29 is 14.7 Å². The lowest BCUT2D eigenvalue weighted by Gasteiger charge is -2.35. The van der Waals surface area contributed by atoms with Crippen LogP contribution in [0.1, 0.15) is 25.5 Å². The Bertz CT molecular complexity index is 532. The number of carbonyl (C=O) groups excluding carboxylic acids is 2. The van der Waals surface area contributed by atoms with Crippen LogP contribution in [0.25, 0.3) is 0 Å². The predicted octanol–water partition coefficient (Wildman–Crippen LogP) is 0.00300. The molecule has 2 heterocycles. The van der Waals surface area contributed by atoms with Crippen LogP contribution in [0, 0.1) is 0 Å². The number of aliphatic hydroxyl groups is 1. The molecule has 0 saturated carbocycles. The number of nitrogens with zero attached hydrogens (tertiary/aromatic N) is 3. The minimum absolute atomic E-state index is 0.0692. The van der Waals surface area contributed by atoms with Gasteiger partial charge in [-0.25, -0.2) is 0 Å². The molecule has 0 aromatic carbocycles. The Kier molecular flexibility index (Phi) is 7.14. The van der Waals surface area contributed by atoms with Gasteiger partial charge < -0.3 is 15.3 Å². The Morgan fingerprint density at radius 2 is 2.29 bits per heavy atom. The number of hydrogen-bond donors (Lipinski definition) is 2. The van der Waals surface area contributed by atoms with Crippen molar-refractivity contribution in [3.05, 3.63) is 30.1 Å². The zero-order valence-electron chi connectivity index (χ0n) is 14.1. The molecule has 1 aliphatic heterocycles. The van der Waals surface area contributed by atoms with E-state index in [1.54, 1.807) is 11.1 Å². The summed E-state index contributed by atoms with van der Waals surface area (Å²) in [7, 11) is 0. The van der Waals surface area contributed by atoms with E-state index >= 15 is 0 Å². The zero-order chi connectivity index (χ0) is 17.4. The molecule has 0 aliphatic carbocycles. The molecule has 1 aromatic rings. The highest BCUT2D eigenvalue weighted by Crippen LogP contribution is 2.14. The number of amides is 2. The molecule has 1 atom stereocenters. The summed E-state index contributed by atoms with van der Waals surface area (Å²) in [6.45, 7) is 4.62. The summed E-state index contributed by atoms with van der Waals surface area (Å²) in [5.41, 5.74) is 0.880. The lowest BCUT2D eigenvalue weighted by atomic mass is 10.1. The smallest absolute Gasteiger partial charge is 0.237 e. The molecular weight excluding hydrogens is 308 g/mol. The van der Waals surface area contributed by atoms with Gasteiger partial charge in [0.25, 0.3) is 0 Å². The van der Waals surface area contributed by atoms with Crippen molar-refractivity contribution in [1.82, 2.24) is 20.1 Å². The van der Waals surface area contributed by atoms with Gasteiger partial charge in [0.1, 0.15) is 0 Å². The monoisotopic (exact) mass is 334 g/mol. The summed E-state index contributed by atoms with van der Waals surface area (Å²) in [5.74, 6) is -0.218. The Balaban J connectivity index is 2.05. The highest BCUT2D eigenvalue weighted by Gasteiger charge is 2.32. The fraction of sp³-hybridized carbons (Fsp3) is 0.588. The van der Waals surface area contributed by atoms with E-state index in [0.717, 1.165) is 12.1 Å². The molecule has 1 unspecified atom stereocenters. The second-order valence-corrected chi connectivity index (χ2v) is 5.91. The standard InChI is InChI=1S/C17H26N4O3/c1-2-8-20(10-11-22)16(23)12-15-17(24)19-7-9-21(15)13-14-5-3-4-6-18-14/h3-6,15,22H,2,7-13H2,1H3,(H,19,24). The van der Waals surface area contributed by atoms with Gasteiger partial charge in [-0.05, 0) is 18.6 Å². The van der Waals surface area contributed by atoms with Gasteiger partial charge in [0.2, 0.25) is 11.8 Å². The van der Waals surface area contributed by atoms with Crippen molar-refractivity contribution in [3.63, 3.8) is 0 Å². The Labute approximate surface area is 142 Å². The minimum atomic E-state index is -0.494. The quantitative estimate of drug-likeness (QED) is 0.699. The average molecular weight is 334 g/mol. The molecule has 1 fully saturated rings. The molecule has 0 radical (unpaired) electrons. The fourth-order valence-corrected chi connectivity index (χ4v) is 2.92. The molecule has 0 bridgehead atoms. The van der Waals surface area contributed by atoms with Gasteiger partial charge in [-0.1, -0.05) is 13.0 Å². The highest BCUT2D eigenvalue weighted by atomic mass is 16.3. The maximum absolute atomic E-state index is 12.5. The third-order valence-corrected chi connectivity index (χ3v) is 4.12. The first kappa shape index (κ1) is 18.4. The van der Waals surface area contributed by atoms with Crippen LogP contribution in [-0.2, 0) is 16.1 Å². The second kappa shape index (κ2) is 9.34. The van der Waals surface area contributed by atoms with Gasteiger partial charge in [-0.2, -0.15) is 0 Å². The van der Waals surface area contributed by atoms with Crippen molar-refractivity contribution >= 4 is 11.8 Å². The van der Waals surface area contributed by atoms with Crippen LogP contribution in [0.3, 0.4) is 0 Å². The summed E-state index contributed by atoms with van der Waals surface area (Å²) >= 11 is 0. The van der Waals surface area contributed by atoms with E-state index in [4.69, 9.17) is 5.11 Å². The van der Waals surface area contributed by atoms with E-state index in [2.05, 4.69) is 10.3 Å². The van der Waals surface area contributed by atoms with Gasteiger partial charge >= 0.3 is 0 Å². The third kappa shape index (κ3) is 5.01. The third-order valence-electron chi connectivity index (χ3n) is 4.12. The molecule has 24 heavy (non-hydrogen) atoms. The zero-order valence-corrected chi connectivity index (χ0v) is 14.1. The van der Waals surface area contributed by atoms with E-state index in [0.29, 0.717) is 32.7 Å². The number of nitrogens with one attached hydrogen (secondary N) is 1. The van der Waals surface area contributed by atoms with E-state index in [1.807, 2.05) is 30.0 Å². The fourth-order valence-electron chi connectivity index (χ4n) is 2.92. The summed E-state index contributed by atoms with van der Waals surface area (Å²) < 4.78 is 0. The van der Waals surface area contributed by atoms with E-state index in [9.17, 15) is 9.59 Å². The largest absolute Gasteiger partial charge is 0.395 e. The average Bonchev–Trinajstić information content (AvgIpc) is 2.58. The van der Waals surface area contributed by atoms with Crippen molar-refractivity contribution in [1.29, 1.82) is 0 Å². The van der Waals surface area contributed by atoms with Crippen LogP contribution in [0.15, 0.2) is 24.4 Å². The first-order valence-electron chi connectivity index (χ1n) is 8.46. The Morgan fingerprint density at radius 1 is 1.46 bits per heavy atom. The van der Waals surface area contributed by atoms with Crippen LogP contribution >= 0.6 is 0 Å². The summed E-state index contributed by atoms with van der Waals surface area (Å²) in [6, 6.07) is 5.19. The van der Waals surface area contributed by atoms with Gasteiger partial charge in [0, 0.05) is 38.9 Å². The van der Waals surface area contributed by atoms with Crippen molar-refractivity contribution in [3.8, 4) is 0 Å². The summed E-state index contributed by atoms with van der Waals surface area (Å²) in [5, 5.41) is 12.0. The molecular formula is C17H26N4O3. The molecule has 0 spiro atoms. The van der Waals surface area contributed by atoms with Crippen LogP contribution in [-0.4, -0.2) is 70.5 Å². The molecule has 2 rings (SSSR count). The van der Waals surface area contributed by atoms with Gasteiger partial charge in [-0.15, -0.1) is 0 Å². The van der Waals surface area contributed by atoms with Gasteiger partial charge in [0.15, 0.2) is 0 Å². The first-order valence-corrected chi connectivity index (χ1v) is 8.46. The van der Waals surface area contributed by atoms with Gasteiger partial charge in [-0.3, -0.25) is 19.5 Å². The Hall–Kier alpha value is -1.99. The number of piperazine rings is 1. The topological polar surface area (TPSA) is 85.8 Å². The number of aliphatic hydroxyl groups excluding tert-OH is 1. The van der Waals surface area contributed by atoms with Crippen LogP contribution in [0.2, 0.25) is 0 Å². The summed E-state index contributed by atoms with van der Waals surface area (Å²) in [6.07, 6.45) is 2.67. The van der Waals surface area contributed by atoms with E-state index in [-0.39, 0.29) is 24.8 Å². The molecule has 1 aliphatic rings. The van der Waals surface area contributed by atoms with E-state index in [1.165, 1.54) is 0 Å². The SMILES string of the molecule is CCCN(CCO)C(=O)CC1C(=O)NCCN1Cc1ccccn1. The van der Waals surface area contributed by atoms with Crippen molar-refractivity contribution in [2.45, 2.75) is 32.4 Å². The van der Waals surface area contributed by atoms with Crippen molar-refractivity contribution in [2.75, 3.05) is 32.8 Å². The molecule has 2 amide bonds. The predicted molar refractivity (Wildman–Crippen MR) is 90.0 cm³/mol. The lowest BCUT2D eigenvalue weighted by Crippen LogP contribution is -2.56. The molecule has 132 valence electrons. The van der Waals surface area contributed by atoms with Crippen LogP contribution in [0.4, 0.5) is 0 Å². The summed E-state index contributed by atoms with van der Waals surface area (Å²) in [4.78, 5) is 32.7. The van der Waals surface area contributed by atoms with Gasteiger partial charge in [0.05, 0.1) is 24.8 Å². The normalized spacial score (nSPS) is 18.2. The number of hydrogen-bond acceptors (Lipinski definition) is 5. The molecule has 7 nitrogen and oxygen atoms in total. The van der Waals surface area contributed by atoms with E-state index < -0.39 is 6.04 Å². The molecule has 2 N–H and O–H groups in total. The van der Waals surface area contributed by atoms with Crippen LogP contribution in [0.5, 0.6) is 0 Å². The minimum Gasteiger partial charge on any atom is -0.395 e. The maximum Gasteiger partial charge on any atom is 0.237 e. The number of rotatable bonds is 8. The maximum atomic E-state index is 12.5. The van der Waals surface area contributed by atoms with Crippen LogP contribution < -0.4 is 5.32 Å². The number of aromatic nitrogens is 1. The van der Waals surface area contributed by atoms with Crippen molar-refractivity contribution in [2.24, 2.45) is 0 Å².